The molecule has 0 atom stereocenters. The van der Waals surface area contributed by atoms with Gasteiger partial charge in [0.25, 0.3) is 0 Å². The second-order valence-corrected chi connectivity index (χ2v) is 8.54. The zero-order valence-electron chi connectivity index (χ0n) is 18.0. The molecular weight excluding hydrogens is 368 g/mol. The maximum absolute atomic E-state index is 4.30. The van der Waals surface area contributed by atoms with Crippen LogP contribution < -0.4 is 0 Å². The molecule has 0 bridgehead atoms. The first-order valence-corrected chi connectivity index (χ1v) is 11.0. The van der Waals surface area contributed by atoms with E-state index >= 15 is 0 Å². The molecule has 1 saturated heterocycles. The number of likely N-dealkylation sites (tertiary alicyclic amines) is 1. The van der Waals surface area contributed by atoms with E-state index in [1.54, 1.807) is 0 Å². The summed E-state index contributed by atoms with van der Waals surface area (Å²) in [5, 5.41) is 0. The van der Waals surface area contributed by atoms with Crippen LogP contribution in [0.25, 0.3) is 0 Å². The van der Waals surface area contributed by atoms with Gasteiger partial charge in [0.1, 0.15) is 0 Å². The Labute approximate surface area is 180 Å². The minimum Gasteiger partial charge on any atom is -0.299 e. The summed E-state index contributed by atoms with van der Waals surface area (Å²) in [6.07, 6.45) is 10.2. The van der Waals surface area contributed by atoms with E-state index in [1.807, 2.05) is 36.9 Å². The van der Waals surface area contributed by atoms with Crippen LogP contribution in [0, 0.1) is 12.8 Å². The van der Waals surface area contributed by atoms with Crippen LogP contribution in [0.2, 0.25) is 0 Å². The quantitative estimate of drug-likeness (QED) is 0.549. The Morgan fingerprint density at radius 2 is 1.50 bits per heavy atom. The average molecular weight is 401 g/mol. The molecule has 0 N–H and O–H groups in total. The van der Waals surface area contributed by atoms with Crippen LogP contribution in [-0.4, -0.2) is 39.4 Å². The minimum atomic E-state index is 0.742. The van der Waals surface area contributed by atoms with E-state index < -0.39 is 0 Å². The second kappa shape index (κ2) is 10.5. The number of hydrogen-bond acceptors (Lipinski definition) is 4. The Balaban J connectivity index is 1.34. The van der Waals surface area contributed by atoms with Gasteiger partial charge in [-0.1, -0.05) is 36.4 Å². The van der Waals surface area contributed by atoms with Crippen LogP contribution >= 0.6 is 0 Å². The molecule has 2 aromatic heterocycles. The van der Waals surface area contributed by atoms with Crippen LogP contribution in [0.1, 0.15) is 35.1 Å². The largest absolute Gasteiger partial charge is 0.299 e. The van der Waals surface area contributed by atoms with Gasteiger partial charge in [0.2, 0.25) is 0 Å². The van der Waals surface area contributed by atoms with Crippen molar-refractivity contribution in [3.05, 3.63) is 95.6 Å². The van der Waals surface area contributed by atoms with Crippen molar-refractivity contribution in [2.24, 2.45) is 5.92 Å². The van der Waals surface area contributed by atoms with E-state index in [0.717, 1.165) is 32.1 Å². The summed E-state index contributed by atoms with van der Waals surface area (Å²) in [5.41, 5.74) is 5.42. The minimum absolute atomic E-state index is 0.742. The molecule has 1 fully saturated rings. The monoisotopic (exact) mass is 400 g/mol. The van der Waals surface area contributed by atoms with E-state index in [4.69, 9.17) is 0 Å². The van der Waals surface area contributed by atoms with Crippen molar-refractivity contribution in [2.45, 2.75) is 39.4 Å². The molecule has 3 heterocycles. The van der Waals surface area contributed by atoms with Gasteiger partial charge in [-0.2, -0.15) is 0 Å². The first-order chi connectivity index (χ1) is 14.8. The molecule has 3 aromatic rings. The van der Waals surface area contributed by atoms with Crippen LogP contribution in [-0.2, 0) is 19.6 Å². The Kier molecular flexibility index (Phi) is 7.22. The highest BCUT2D eigenvalue weighted by Crippen LogP contribution is 2.22. The topological polar surface area (TPSA) is 32.3 Å². The molecule has 1 aliphatic rings. The van der Waals surface area contributed by atoms with Crippen molar-refractivity contribution >= 4 is 0 Å². The summed E-state index contributed by atoms with van der Waals surface area (Å²) in [6, 6.07) is 17.2. The lowest BCUT2D eigenvalue weighted by Crippen LogP contribution is -2.38. The van der Waals surface area contributed by atoms with Crippen molar-refractivity contribution in [1.82, 2.24) is 19.8 Å². The fourth-order valence-corrected chi connectivity index (χ4v) is 4.41. The number of pyridine rings is 2. The molecule has 0 spiro atoms. The second-order valence-electron chi connectivity index (χ2n) is 8.54. The highest BCUT2D eigenvalue weighted by molar-refractivity contribution is 5.25. The number of piperidine rings is 1. The number of rotatable bonds is 8. The van der Waals surface area contributed by atoms with Gasteiger partial charge in [-0.25, -0.2) is 0 Å². The molecule has 0 amide bonds. The third-order valence-electron chi connectivity index (χ3n) is 6.14. The highest BCUT2D eigenvalue weighted by atomic mass is 15.1. The molecule has 0 saturated carbocycles. The first-order valence-electron chi connectivity index (χ1n) is 11.0. The van der Waals surface area contributed by atoms with Crippen molar-refractivity contribution in [1.29, 1.82) is 0 Å². The van der Waals surface area contributed by atoms with Gasteiger partial charge in [-0.3, -0.25) is 19.8 Å². The molecule has 30 heavy (non-hydrogen) atoms. The maximum Gasteiger partial charge on any atom is 0.0312 e. The summed E-state index contributed by atoms with van der Waals surface area (Å²) in [4.78, 5) is 13.8. The van der Waals surface area contributed by atoms with E-state index in [9.17, 15) is 0 Å². The molecule has 1 aliphatic heterocycles. The third kappa shape index (κ3) is 5.97. The lowest BCUT2D eigenvalue weighted by Gasteiger charge is -2.35. The van der Waals surface area contributed by atoms with Crippen molar-refractivity contribution in [3.8, 4) is 0 Å². The van der Waals surface area contributed by atoms with Gasteiger partial charge in [0.05, 0.1) is 0 Å². The van der Waals surface area contributed by atoms with E-state index in [0.29, 0.717) is 0 Å². The normalized spacial score (nSPS) is 15.5. The van der Waals surface area contributed by atoms with Gasteiger partial charge in [0.15, 0.2) is 0 Å². The third-order valence-corrected chi connectivity index (χ3v) is 6.14. The summed E-state index contributed by atoms with van der Waals surface area (Å²) in [7, 11) is 0. The Morgan fingerprint density at radius 1 is 0.867 bits per heavy atom. The van der Waals surface area contributed by atoms with Gasteiger partial charge in [-0.05, 0) is 73.2 Å². The summed E-state index contributed by atoms with van der Waals surface area (Å²) >= 11 is 0. The number of aryl methyl sites for hydroxylation is 1. The SMILES string of the molecule is Cc1ccccc1CN1CCC(CN(Cc2cccnc2)Cc2cccnc2)CC1. The summed E-state index contributed by atoms with van der Waals surface area (Å²) in [6.45, 7) is 8.67. The van der Waals surface area contributed by atoms with Crippen LogP contribution in [0.15, 0.2) is 73.3 Å². The van der Waals surface area contributed by atoms with Crippen LogP contribution in [0.4, 0.5) is 0 Å². The lowest BCUT2D eigenvalue weighted by atomic mass is 9.95. The zero-order valence-corrected chi connectivity index (χ0v) is 18.0. The number of aromatic nitrogens is 2. The molecule has 156 valence electrons. The van der Waals surface area contributed by atoms with E-state index in [-0.39, 0.29) is 0 Å². The first kappa shape index (κ1) is 20.7. The molecule has 4 heteroatoms. The highest BCUT2D eigenvalue weighted by Gasteiger charge is 2.22. The van der Waals surface area contributed by atoms with Crippen LogP contribution in [0.5, 0.6) is 0 Å². The Morgan fingerprint density at radius 3 is 2.07 bits per heavy atom. The number of benzene rings is 1. The van der Waals surface area contributed by atoms with Gasteiger partial charge >= 0.3 is 0 Å². The summed E-state index contributed by atoms with van der Waals surface area (Å²) < 4.78 is 0. The molecule has 4 nitrogen and oxygen atoms in total. The number of nitrogens with zero attached hydrogens (tertiary/aromatic N) is 4. The van der Waals surface area contributed by atoms with E-state index in [2.05, 4.69) is 63.1 Å². The van der Waals surface area contributed by atoms with Gasteiger partial charge in [-0.15, -0.1) is 0 Å². The number of hydrogen-bond donors (Lipinski definition) is 0. The smallest absolute Gasteiger partial charge is 0.0312 e. The Hall–Kier alpha value is -2.56. The lowest BCUT2D eigenvalue weighted by molar-refractivity contribution is 0.132. The van der Waals surface area contributed by atoms with Crippen molar-refractivity contribution in [3.63, 3.8) is 0 Å². The van der Waals surface area contributed by atoms with Crippen molar-refractivity contribution < 1.29 is 0 Å². The van der Waals surface area contributed by atoms with E-state index in [1.165, 1.54) is 48.2 Å². The Bertz CT molecular complexity index is 848. The fraction of sp³-hybridized carbons (Fsp3) is 0.385. The fourth-order valence-electron chi connectivity index (χ4n) is 4.41. The molecule has 0 radical (unpaired) electrons. The summed E-state index contributed by atoms with van der Waals surface area (Å²) in [5.74, 6) is 0.742. The van der Waals surface area contributed by atoms with Crippen LogP contribution in [0.3, 0.4) is 0 Å². The van der Waals surface area contributed by atoms with Gasteiger partial charge < -0.3 is 0 Å². The predicted octanol–water partition coefficient (Wildman–Crippen LogP) is 4.70. The maximum atomic E-state index is 4.30. The molecule has 1 aromatic carbocycles. The predicted molar refractivity (Wildman–Crippen MR) is 122 cm³/mol. The molecule has 4 rings (SSSR count). The molecular formula is C26H32N4. The molecule has 0 aliphatic carbocycles. The molecule has 0 unspecified atom stereocenters. The average Bonchev–Trinajstić information content (AvgIpc) is 2.78. The van der Waals surface area contributed by atoms with Gasteiger partial charge in [0, 0.05) is 51.0 Å². The van der Waals surface area contributed by atoms with Crippen molar-refractivity contribution in [2.75, 3.05) is 19.6 Å². The standard InChI is InChI=1S/C26H32N4/c1-22-6-2-3-9-26(22)21-29-14-10-23(11-15-29)18-30(19-24-7-4-12-27-16-24)20-25-8-5-13-28-17-25/h2-9,12-13,16-17,23H,10-11,14-15,18-21H2,1H3. The zero-order chi connectivity index (χ0) is 20.6.